The summed E-state index contributed by atoms with van der Waals surface area (Å²) in [5.74, 6) is 0.0953. The quantitative estimate of drug-likeness (QED) is 0.0838. The molecular weight excluding hydrogens is 663 g/mol. The lowest BCUT2D eigenvalue weighted by Gasteiger charge is -2.18. The maximum atomic E-state index is 13.8. The number of ether oxygens (including phenoxy) is 3. The highest BCUT2D eigenvalue weighted by Gasteiger charge is 2.23. The minimum Gasteiger partial charge on any atom is -0.496 e. The van der Waals surface area contributed by atoms with E-state index in [-0.39, 0.29) is 11.6 Å². The monoisotopic (exact) mass is 701 g/mol. The number of hydrogen-bond donors (Lipinski definition) is 3. The van der Waals surface area contributed by atoms with Gasteiger partial charge in [-0.2, -0.15) is 0 Å². The molecule has 0 aliphatic rings. The van der Waals surface area contributed by atoms with Gasteiger partial charge in [0.15, 0.2) is 11.5 Å². The van der Waals surface area contributed by atoms with Gasteiger partial charge in [-0.05, 0) is 79.6 Å². The second-order valence-corrected chi connectivity index (χ2v) is 12.7. The van der Waals surface area contributed by atoms with E-state index in [4.69, 9.17) is 14.2 Å². The third kappa shape index (κ3) is 9.37. The van der Waals surface area contributed by atoms with Crippen LogP contribution in [-0.4, -0.2) is 39.1 Å². The molecule has 5 aromatic rings. The molecule has 5 rings (SSSR count). The predicted molar refractivity (Wildman–Crippen MR) is 203 cm³/mol. The molecule has 0 heterocycles. The van der Waals surface area contributed by atoms with Crippen molar-refractivity contribution in [3.05, 3.63) is 149 Å². The van der Waals surface area contributed by atoms with Crippen molar-refractivity contribution in [1.82, 2.24) is 5.32 Å². The third-order valence-electron chi connectivity index (χ3n) is 7.91. The van der Waals surface area contributed by atoms with Crippen LogP contribution in [0.15, 0.2) is 126 Å². The molecule has 1 atom stereocenters. The second kappa shape index (κ2) is 17.1. The molecule has 1 unspecified atom stereocenters. The van der Waals surface area contributed by atoms with Crippen LogP contribution < -0.4 is 30.2 Å². The zero-order valence-corrected chi connectivity index (χ0v) is 29.8. The number of hydrogen-bond acceptors (Lipinski definition) is 7. The van der Waals surface area contributed by atoms with Gasteiger partial charge in [-0.3, -0.25) is 14.4 Å². The van der Waals surface area contributed by atoms with Crippen LogP contribution in [0, 0.1) is 13.8 Å². The minimum atomic E-state index is -0.563. The highest BCUT2D eigenvalue weighted by atomic mass is 32.2. The zero-order valence-electron chi connectivity index (χ0n) is 29.0. The average Bonchev–Trinajstić information content (AvgIpc) is 3.15. The average molecular weight is 702 g/mol. The van der Waals surface area contributed by atoms with Gasteiger partial charge in [0.1, 0.15) is 16.7 Å². The lowest BCUT2D eigenvalue weighted by Crippen LogP contribution is -2.30. The summed E-state index contributed by atoms with van der Waals surface area (Å²) in [6, 6.07) is 34.6. The Kier molecular flexibility index (Phi) is 12.2. The van der Waals surface area contributed by atoms with Gasteiger partial charge in [0.05, 0.1) is 21.3 Å². The Morgan fingerprint density at radius 1 is 0.686 bits per heavy atom. The normalized spacial score (nSPS) is 11.6. The zero-order chi connectivity index (χ0) is 36.3. The van der Waals surface area contributed by atoms with Gasteiger partial charge < -0.3 is 30.2 Å². The number of nitrogens with one attached hydrogen (secondary N) is 3. The van der Waals surface area contributed by atoms with E-state index in [9.17, 15) is 14.4 Å². The summed E-state index contributed by atoms with van der Waals surface area (Å²) < 4.78 is 16.4. The molecule has 0 aromatic heterocycles. The van der Waals surface area contributed by atoms with Crippen LogP contribution in [0.4, 0.5) is 11.4 Å². The summed E-state index contributed by atoms with van der Waals surface area (Å²) in [6.07, 6.45) is 1.51. The molecule has 0 fully saturated rings. The lowest BCUT2D eigenvalue weighted by molar-refractivity contribution is -0.116. The minimum absolute atomic E-state index is 0.0277. The SMILES string of the molecule is COc1cc(OC)c(OC)cc1/C=C(\NC(=O)c1ccccc1)C(=O)Nc1ccc(SC(C(=O)Nc2ccc(C)cc2C)c2ccccc2)cc1. The summed E-state index contributed by atoms with van der Waals surface area (Å²) in [7, 11) is 4.51. The molecule has 9 nitrogen and oxygen atoms in total. The van der Waals surface area contributed by atoms with Gasteiger partial charge in [0.25, 0.3) is 11.8 Å². The number of anilines is 2. The van der Waals surface area contributed by atoms with Crippen molar-refractivity contribution in [3.8, 4) is 17.2 Å². The molecule has 3 N–H and O–H groups in total. The third-order valence-corrected chi connectivity index (χ3v) is 9.18. The van der Waals surface area contributed by atoms with Crippen LogP contribution in [0.1, 0.15) is 37.9 Å². The molecule has 0 bridgehead atoms. The van der Waals surface area contributed by atoms with Crippen LogP contribution >= 0.6 is 11.8 Å². The molecule has 5 aromatic carbocycles. The molecule has 0 aliphatic carbocycles. The standard InChI is InChI=1S/C41H39N3O6S/c1-26-16-21-33(27(2)22-26)43-41(47)38(28-12-8-6-9-13-28)51-32-19-17-31(18-20-32)42-40(46)34(44-39(45)29-14-10-7-11-15-29)23-30-24-36(49-4)37(50-5)25-35(30)48-3/h6-25,38H,1-5H3,(H,42,46)(H,43,47)(H,44,45)/b34-23-. The van der Waals surface area contributed by atoms with Gasteiger partial charge in [-0.1, -0.05) is 66.2 Å². The number of amides is 3. The number of aryl methyl sites for hydroxylation is 2. The van der Waals surface area contributed by atoms with E-state index in [1.54, 1.807) is 54.6 Å². The molecule has 3 amide bonds. The van der Waals surface area contributed by atoms with E-state index in [1.807, 2.05) is 74.5 Å². The van der Waals surface area contributed by atoms with Crippen LogP contribution in [0.2, 0.25) is 0 Å². The first-order valence-electron chi connectivity index (χ1n) is 16.1. The molecular formula is C41H39N3O6S. The maximum absolute atomic E-state index is 13.8. The molecule has 0 saturated carbocycles. The van der Waals surface area contributed by atoms with E-state index >= 15 is 0 Å². The fraction of sp³-hybridized carbons (Fsp3) is 0.146. The van der Waals surface area contributed by atoms with Crippen molar-refractivity contribution in [2.75, 3.05) is 32.0 Å². The van der Waals surface area contributed by atoms with E-state index in [1.165, 1.54) is 39.2 Å². The smallest absolute Gasteiger partial charge is 0.272 e. The van der Waals surface area contributed by atoms with Crippen LogP contribution in [0.3, 0.4) is 0 Å². The van der Waals surface area contributed by atoms with Gasteiger partial charge >= 0.3 is 0 Å². The maximum Gasteiger partial charge on any atom is 0.272 e. The number of rotatable bonds is 13. The van der Waals surface area contributed by atoms with Crippen molar-refractivity contribution >= 4 is 46.9 Å². The predicted octanol–water partition coefficient (Wildman–Crippen LogP) is 8.21. The molecule has 10 heteroatoms. The van der Waals surface area contributed by atoms with Crippen molar-refractivity contribution in [2.24, 2.45) is 0 Å². The number of carbonyl (C=O) groups excluding carboxylic acids is 3. The van der Waals surface area contributed by atoms with Crippen molar-refractivity contribution in [1.29, 1.82) is 0 Å². The topological polar surface area (TPSA) is 115 Å². The Bertz CT molecular complexity index is 2030. The highest BCUT2D eigenvalue weighted by Crippen LogP contribution is 2.38. The molecule has 51 heavy (non-hydrogen) atoms. The fourth-order valence-electron chi connectivity index (χ4n) is 5.27. The molecule has 0 saturated heterocycles. The highest BCUT2D eigenvalue weighted by molar-refractivity contribution is 8.00. The summed E-state index contributed by atoms with van der Waals surface area (Å²) in [6.45, 7) is 3.99. The number of benzene rings is 5. The van der Waals surface area contributed by atoms with Crippen LogP contribution in [-0.2, 0) is 9.59 Å². The van der Waals surface area contributed by atoms with E-state index in [2.05, 4.69) is 16.0 Å². The Morgan fingerprint density at radius 3 is 1.94 bits per heavy atom. The summed E-state index contributed by atoms with van der Waals surface area (Å²) >= 11 is 1.40. The molecule has 0 radical (unpaired) electrons. The van der Waals surface area contributed by atoms with Crippen LogP contribution in [0.25, 0.3) is 6.08 Å². The number of carbonyl (C=O) groups is 3. The van der Waals surface area contributed by atoms with Gasteiger partial charge in [-0.25, -0.2) is 0 Å². The first-order chi connectivity index (χ1) is 24.7. The van der Waals surface area contributed by atoms with Gasteiger partial charge in [0.2, 0.25) is 5.91 Å². The largest absolute Gasteiger partial charge is 0.496 e. The van der Waals surface area contributed by atoms with E-state index in [0.717, 1.165) is 27.3 Å². The van der Waals surface area contributed by atoms with Gasteiger partial charge in [-0.15, -0.1) is 11.8 Å². The first kappa shape index (κ1) is 36.3. The Hall–Kier alpha value is -6.00. The Morgan fingerprint density at radius 2 is 1.31 bits per heavy atom. The van der Waals surface area contributed by atoms with Gasteiger partial charge in [0, 0.05) is 33.5 Å². The summed E-state index contributed by atoms with van der Waals surface area (Å²) in [5.41, 5.74) is 5.04. The van der Waals surface area contributed by atoms with E-state index in [0.29, 0.717) is 34.1 Å². The lowest BCUT2D eigenvalue weighted by atomic mass is 10.1. The fourth-order valence-corrected chi connectivity index (χ4v) is 6.29. The van der Waals surface area contributed by atoms with E-state index < -0.39 is 17.1 Å². The molecule has 260 valence electrons. The number of methoxy groups -OCH3 is 3. The molecule has 0 spiro atoms. The molecule has 0 aliphatic heterocycles. The second-order valence-electron chi connectivity index (χ2n) is 11.5. The van der Waals surface area contributed by atoms with Crippen molar-refractivity contribution in [3.63, 3.8) is 0 Å². The Balaban J connectivity index is 1.39. The van der Waals surface area contributed by atoms with Crippen molar-refractivity contribution < 1.29 is 28.6 Å². The summed E-state index contributed by atoms with van der Waals surface area (Å²) in [5, 5.41) is 8.19. The summed E-state index contributed by atoms with van der Waals surface area (Å²) in [4.78, 5) is 41.4. The number of thioether (sulfide) groups is 1. The Labute approximate surface area is 302 Å². The first-order valence-corrected chi connectivity index (χ1v) is 17.0. The van der Waals surface area contributed by atoms with Crippen LogP contribution in [0.5, 0.6) is 17.2 Å². The van der Waals surface area contributed by atoms with Crippen molar-refractivity contribution in [2.45, 2.75) is 24.0 Å².